The highest BCUT2D eigenvalue weighted by molar-refractivity contribution is 7.89. The lowest BCUT2D eigenvalue weighted by atomic mass is 10.3. The fraction of sp³-hybridized carbons (Fsp3) is 0.235. The summed E-state index contributed by atoms with van der Waals surface area (Å²) in [6.07, 6.45) is 0. The van der Waals surface area contributed by atoms with Gasteiger partial charge in [0.2, 0.25) is 10.0 Å². The topological polar surface area (TPSA) is 55.2 Å². The molecule has 0 atom stereocenters. The highest BCUT2D eigenvalue weighted by Crippen LogP contribution is 2.25. The summed E-state index contributed by atoms with van der Waals surface area (Å²) in [6, 6.07) is 11.5. The lowest BCUT2D eigenvalue weighted by molar-refractivity contribution is 0.443. The third kappa shape index (κ3) is 3.15. The zero-order valence-corrected chi connectivity index (χ0v) is 15.4. The third-order valence-electron chi connectivity index (χ3n) is 4.02. The average Bonchev–Trinajstić information content (AvgIpc) is 2.94. The average molecular weight is 382 g/mol. The van der Waals surface area contributed by atoms with Crippen LogP contribution in [0, 0.1) is 5.82 Å². The van der Waals surface area contributed by atoms with Crippen LogP contribution in [0.15, 0.2) is 47.4 Å². The normalized spacial score (nSPS) is 12.2. The first-order valence-corrected chi connectivity index (χ1v) is 9.52. The molecule has 0 saturated carbocycles. The number of nitrogens with zero attached hydrogens (tertiary/aromatic N) is 3. The summed E-state index contributed by atoms with van der Waals surface area (Å²) in [6.45, 7) is 2.63. The third-order valence-corrected chi connectivity index (χ3v) is 6.13. The minimum atomic E-state index is -4.03. The monoisotopic (exact) mass is 381 g/mol. The molecule has 0 amide bonds. The molecule has 25 heavy (non-hydrogen) atoms. The predicted molar refractivity (Wildman–Crippen MR) is 95.5 cm³/mol. The number of benzene rings is 2. The molecule has 0 aliphatic heterocycles. The maximum atomic E-state index is 14.2. The summed E-state index contributed by atoms with van der Waals surface area (Å²) >= 11 is 5.71. The fourth-order valence-electron chi connectivity index (χ4n) is 2.73. The number of sulfonamides is 1. The van der Waals surface area contributed by atoms with Crippen LogP contribution in [0.1, 0.15) is 12.7 Å². The van der Waals surface area contributed by atoms with Gasteiger partial charge in [0, 0.05) is 13.6 Å². The maximum Gasteiger partial charge on any atom is 0.246 e. The molecule has 3 aromatic rings. The summed E-state index contributed by atoms with van der Waals surface area (Å²) in [5.41, 5.74) is 1.72. The number of hydrogen-bond acceptors (Lipinski definition) is 3. The van der Waals surface area contributed by atoms with Gasteiger partial charge in [-0.1, -0.05) is 29.8 Å². The van der Waals surface area contributed by atoms with Crippen molar-refractivity contribution in [1.82, 2.24) is 13.9 Å². The Kier molecular flexibility index (Phi) is 4.81. The quantitative estimate of drug-likeness (QED) is 0.677. The second-order valence-electron chi connectivity index (χ2n) is 5.57. The Hall–Kier alpha value is -1.96. The van der Waals surface area contributed by atoms with Crippen molar-refractivity contribution in [3.8, 4) is 0 Å². The summed E-state index contributed by atoms with van der Waals surface area (Å²) < 4.78 is 42.6. The van der Waals surface area contributed by atoms with Crippen LogP contribution in [-0.4, -0.2) is 29.3 Å². The molecule has 0 radical (unpaired) electrons. The lowest BCUT2D eigenvalue weighted by Crippen LogP contribution is -2.28. The first-order valence-electron chi connectivity index (χ1n) is 7.70. The Morgan fingerprint density at radius 3 is 2.64 bits per heavy atom. The van der Waals surface area contributed by atoms with E-state index in [2.05, 4.69) is 4.98 Å². The van der Waals surface area contributed by atoms with Gasteiger partial charge in [0.1, 0.15) is 10.7 Å². The predicted octanol–water partition coefficient (Wildman–Crippen LogP) is 3.67. The van der Waals surface area contributed by atoms with E-state index in [0.29, 0.717) is 12.4 Å². The summed E-state index contributed by atoms with van der Waals surface area (Å²) in [5, 5.41) is -0.227. The van der Waals surface area contributed by atoms with Crippen LogP contribution in [0.4, 0.5) is 4.39 Å². The first kappa shape index (κ1) is 17.8. The highest BCUT2D eigenvalue weighted by atomic mass is 35.5. The second kappa shape index (κ2) is 6.74. The van der Waals surface area contributed by atoms with Gasteiger partial charge in [-0.05, 0) is 31.2 Å². The van der Waals surface area contributed by atoms with E-state index in [1.807, 2.05) is 35.8 Å². The van der Waals surface area contributed by atoms with Crippen LogP contribution in [0.5, 0.6) is 0 Å². The van der Waals surface area contributed by atoms with Crippen molar-refractivity contribution in [2.75, 3.05) is 7.05 Å². The molecule has 0 bridgehead atoms. The summed E-state index contributed by atoms with van der Waals surface area (Å²) in [4.78, 5) is 4.06. The molecule has 5 nitrogen and oxygen atoms in total. The van der Waals surface area contributed by atoms with Gasteiger partial charge in [-0.3, -0.25) is 0 Å². The zero-order chi connectivity index (χ0) is 18.2. The maximum absolute atomic E-state index is 14.2. The van der Waals surface area contributed by atoms with E-state index in [0.717, 1.165) is 15.3 Å². The van der Waals surface area contributed by atoms with Crippen LogP contribution in [-0.2, 0) is 23.1 Å². The number of aryl methyl sites for hydroxylation is 1. The molecule has 0 unspecified atom stereocenters. The number of halogens is 2. The largest absolute Gasteiger partial charge is 0.327 e. The van der Waals surface area contributed by atoms with E-state index >= 15 is 0 Å². The number of para-hydroxylation sites is 2. The van der Waals surface area contributed by atoms with E-state index in [1.54, 1.807) is 0 Å². The van der Waals surface area contributed by atoms with Crippen LogP contribution in [0.25, 0.3) is 11.0 Å². The standard InChI is InChI=1S/C17H17ClFN3O2S/c1-3-22-14-9-5-4-8-13(14)20-16(22)11-21(2)25(23,24)15-10-6-7-12(18)17(15)19/h4-10H,3,11H2,1-2H3. The number of rotatable bonds is 5. The Morgan fingerprint density at radius 2 is 1.92 bits per heavy atom. The Labute approximate surface area is 150 Å². The number of hydrogen-bond donors (Lipinski definition) is 0. The molecule has 0 saturated heterocycles. The van der Waals surface area contributed by atoms with Crippen LogP contribution >= 0.6 is 11.6 Å². The van der Waals surface area contributed by atoms with Crippen molar-refractivity contribution >= 4 is 32.7 Å². The van der Waals surface area contributed by atoms with Crippen molar-refractivity contribution in [3.63, 3.8) is 0 Å². The molecule has 1 aromatic heterocycles. The van der Waals surface area contributed by atoms with Gasteiger partial charge in [0.25, 0.3) is 0 Å². The Balaban J connectivity index is 1.99. The Bertz CT molecular complexity index is 1030. The first-order chi connectivity index (χ1) is 11.9. The SMILES string of the molecule is CCn1c(CN(C)S(=O)(=O)c2cccc(Cl)c2F)nc2ccccc21. The number of aromatic nitrogens is 2. The van der Waals surface area contributed by atoms with Gasteiger partial charge in [0.15, 0.2) is 5.82 Å². The number of imidazole rings is 1. The molecule has 0 aliphatic carbocycles. The molecular weight excluding hydrogens is 365 g/mol. The summed E-state index contributed by atoms with van der Waals surface area (Å²) in [7, 11) is -2.63. The molecule has 0 fully saturated rings. The van der Waals surface area contributed by atoms with Gasteiger partial charge < -0.3 is 4.57 Å². The highest BCUT2D eigenvalue weighted by Gasteiger charge is 2.27. The van der Waals surface area contributed by atoms with Gasteiger partial charge in [-0.2, -0.15) is 4.31 Å². The molecule has 132 valence electrons. The van der Waals surface area contributed by atoms with E-state index < -0.39 is 20.7 Å². The fourth-order valence-corrected chi connectivity index (χ4v) is 4.17. The van der Waals surface area contributed by atoms with Crippen molar-refractivity contribution in [1.29, 1.82) is 0 Å². The van der Waals surface area contributed by atoms with Crippen LogP contribution < -0.4 is 0 Å². The Morgan fingerprint density at radius 1 is 1.20 bits per heavy atom. The van der Waals surface area contributed by atoms with Crippen molar-refractivity contribution in [3.05, 3.63) is 59.1 Å². The van der Waals surface area contributed by atoms with Gasteiger partial charge in [-0.15, -0.1) is 0 Å². The van der Waals surface area contributed by atoms with Crippen molar-refractivity contribution < 1.29 is 12.8 Å². The summed E-state index contributed by atoms with van der Waals surface area (Å²) in [5.74, 6) is -0.350. The molecule has 2 aromatic carbocycles. The van der Waals surface area contributed by atoms with E-state index in [1.165, 1.54) is 25.2 Å². The lowest BCUT2D eigenvalue weighted by Gasteiger charge is -2.18. The molecule has 8 heteroatoms. The van der Waals surface area contributed by atoms with Gasteiger partial charge in [0.05, 0.1) is 22.6 Å². The van der Waals surface area contributed by atoms with E-state index in [4.69, 9.17) is 11.6 Å². The van der Waals surface area contributed by atoms with Crippen LogP contribution in [0.2, 0.25) is 5.02 Å². The second-order valence-corrected chi connectivity index (χ2v) is 7.99. The molecule has 0 spiro atoms. The van der Waals surface area contributed by atoms with E-state index in [-0.39, 0.29) is 11.6 Å². The smallest absolute Gasteiger partial charge is 0.246 e. The van der Waals surface area contributed by atoms with Gasteiger partial charge >= 0.3 is 0 Å². The van der Waals surface area contributed by atoms with Gasteiger partial charge in [-0.25, -0.2) is 17.8 Å². The van der Waals surface area contributed by atoms with E-state index in [9.17, 15) is 12.8 Å². The molecule has 0 N–H and O–H groups in total. The molecule has 1 heterocycles. The molecular formula is C17H17ClFN3O2S. The molecule has 3 rings (SSSR count). The minimum Gasteiger partial charge on any atom is -0.327 e. The zero-order valence-electron chi connectivity index (χ0n) is 13.8. The van der Waals surface area contributed by atoms with Crippen molar-refractivity contribution in [2.45, 2.75) is 24.9 Å². The number of fused-ring (bicyclic) bond motifs is 1. The minimum absolute atomic E-state index is 0.0246. The molecule has 0 aliphatic rings. The van der Waals surface area contributed by atoms with Crippen molar-refractivity contribution in [2.24, 2.45) is 0 Å². The van der Waals surface area contributed by atoms with Crippen LogP contribution in [0.3, 0.4) is 0 Å².